The lowest BCUT2D eigenvalue weighted by molar-refractivity contribution is 0.174. The van der Waals surface area contributed by atoms with Crippen LogP contribution in [0.4, 0.5) is 0 Å². The van der Waals surface area contributed by atoms with Gasteiger partial charge in [-0.2, -0.15) is 0 Å². The van der Waals surface area contributed by atoms with Gasteiger partial charge in [0.05, 0.1) is 0 Å². The number of rotatable bonds is 5. The van der Waals surface area contributed by atoms with Crippen LogP contribution in [0.5, 0.6) is 11.5 Å². The highest BCUT2D eigenvalue weighted by Gasteiger charge is 2.19. The first-order chi connectivity index (χ1) is 8.58. The predicted molar refractivity (Wildman–Crippen MR) is 71.9 cm³/mol. The Morgan fingerprint density at radius 2 is 1.94 bits per heavy atom. The Bertz CT molecular complexity index is 405. The average molecular weight is 250 g/mol. The molecular weight excluding hydrogens is 228 g/mol. The van der Waals surface area contributed by atoms with Gasteiger partial charge in [-0.1, -0.05) is 6.07 Å². The van der Waals surface area contributed by atoms with E-state index in [2.05, 4.69) is 31.1 Å². The van der Waals surface area contributed by atoms with Gasteiger partial charge in [-0.3, -0.25) is 0 Å². The van der Waals surface area contributed by atoms with Gasteiger partial charge >= 0.3 is 0 Å². The monoisotopic (exact) mass is 250 g/mol. The van der Waals surface area contributed by atoms with E-state index in [1.165, 1.54) is 5.56 Å². The lowest BCUT2D eigenvalue weighted by Crippen LogP contribution is -2.23. The average Bonchev–Trinajstić information content (AvgIpc) is 2.75. The van der Waals surface area contributed by atoms with E-state index < -0.39 is 0 Å². The number of hydrogen-bond acceptors (Lipinski definition) is 4. The van der Waals surface area contributed by atoms with Crippen molar-refractivity contribution in [3.8, 4) is 11.5 Å². The van der Waals surface area contributed by atoms with Gasteiger partial charge in [0.1, 0.15) is 0 Å². The Hall–Kier alpha value is -1.26. The van der Waals surface area contributed by atoms with Crippen LogP contribution in [0.1, 0.15) is 31.4 Å². The lowest BCUT2D eigenvalue weighted by Gasteiger charge is -2.25. The van der Waals surface area contributed by atoms with Crippen molar-refractivity contribution in [2.24, 2.45) is 5.73 Å². The molecule has 0 fully saturated rings. The summed E-state index contributed by atoms with van der Waals surface area (Å²) >= 11 is 0. The topological polar surface area (TPSA) is 47.7 Å². The SMILES string of the molecule is CC(N)CCC(c1ccc2c(c1)OCO2)N(C)C. The molecule has 0 spiro atoms. The zero-order valence-corrected chi connectivity index (χ0v) is 11.3. The van der Waals surface area contributed by atoms with Crippen LogP contribution in [0.3, 0.4) is 0 Å². The quantitative estimate of drug-likeness (QED) is 0.870. The molecule has 1 aliphatic rings. The van der Waals surface area contributed by atoms with Gasteiger partial charge in [0.2, 0.25) is 6.79 Å². The van der Waals surface area contributed by atoms with Crippen LogP contribution in [0.25, 0.3) is 0 Å². The van der Waals surface area contributed by atoms with E-state index in [0.717, 1.165) is 24.3 Å². The van der Waals surface area contributed by atoms with Crippen LogP contribution in [-0.4, -0.2) is 31.8 Å². The van der Waals surface area contributed by atoms with E-state index in [9.17, 15) is 0 Å². The highest BCUT2D eigenvalue weighted by Crippen LogP contribution is 2.36. The van der Waals surface area contributed by atoms with Gasteiger partial charge in [0.25, 0.3) is 0 Å². The van der Waals surface area contributed by atoms with E-state index in [-0.39, 0.29) is 6.04 Å². The largest absolute Gasteiger partial charge is 0.454 e. The van der Waals surface area contributed by atoms with Crippen molar-refractivity contribution < 1.29 is 9.47 Å². The lowest BCUT2D eigenvalue weighted by atomic mass is 9.98. The second-order valence-electron chi connectivity index (χ2n) is 5.15. The van der Waals surface area contributed by atoms with Crippen molar-refractivity contribution in [2.75, 3.05) is 20.9 Å². The van der Waals surface area contributed by atoms with Crippen LogP contribution in [0.2, 0.25) is 0 Å². The van der Waals surface area contributed by atoms with Crippen molar-refractivity contribution in [3.05, 3.63) is 23.8 Å². The van der Waals surface area contributed by atoms with Crippen molar-refractivity contribution >= 4 is 0 Å². The molecule has 0 bridgehead atoms. The molecule has 18 heavy (non-hydrogen) atoms. The summed E-state index contributed by atoms with van der Waals surface area (Å²) in [7, 11) is 4.19. The van der Waals surface area contributed by atoms with E-state index in [4.69, 9.17) is 15.2 Å². The van der Waals surface area contributed by atoms with E-state index >= 15 is 0 Å². The Kier molecular flexibility index (Phi) is 4.09. The predicted octanol–water partition coefficient (Wildman–Crippen LogP) is 2.15. The minimum Gasteiger partial charge on any atom is -0.454 e. The number of ether oxygens (including phenoxy) is 2. The van der Waals surface area contributed by atoms with Crippen LogP contribution >= 0.6 is 0 Å². The molecular formula is C14H22N2O2. The van der Waals surface area contributed by atoms with E-state index in [0.29, 0.717) is 12.8 Å². The van der Waals surface area contributed by atoms with Gasteiger partial charge in [0.15, 0.2) is 11.5 Å². The maximum absolute atomic E-state index is 5.85. The molecule has 100 valence electrons. The van der Waals surface area contributed by atoms with Crippen LogP contribution in [0.15, 0.2) is 18.2 Å². The molecule has 2 rings (SSSR count). The molecule has 4 nitrogen and oxygen atoms in total. The minimum atomic E-state index is 0.237. The summed E-state index contributed by atoms with van der Waals surface area (Å²) in [4.78, 5) is 2.22. The molecule has 1 aliphatic heterocycles. The van der Waals surface area contributed by atoms with Crippen molar-refractivity contribution in [1.29, 1.82) is 0 Å². The smallest absolute Gasteiger partial charge is 0.231 e. The first-order valence-corrected chi connectivity index (χ1v) is 6.39. The molecule has 0 saturated carbocycles. The standard InChI is InChI=1S/C14H22N2O2/c1-10(15)4-6-12(16(2)3)11-5-7-13-14(8-11)18-9-17-13/h5,7-8,10,12H,4,6,9,15H2,1-3H3. The highest BCUT2D eigenvalue weighted by molar-refractivity contribution is 5.45. The van der Waals surface area contributed by atoms with E-state index in [1.807, 2.05) is 13.0 Å². The van der Waals surface area contributed by atoms with E-state index in [1.54, 1.807) is 0 Å². The zero-order valence-electron chi connectivity index (χ0n) is 11.3. The Morgan fingerprint density at radius 3 is 2.61 bits per heavy atom. The third-order valence-corrected chi connectivity index (χ3v) is 3.30. The third-order valence-electron chi connectivity index (χ3n) is 3.30. The molecule has 2 atom stereocenters. The summed E-state index contributed by atoms with van der Waals surface area (Å²) in [6.07, 6.45) is 2.06. The Balaban J connectivity index is 2.15. The molecule has 0 amide bonds. The Labute approximate surface area is 109 Å². The molecule has 2 unspecified atom stereocenters. The fraction of sp³-hybridized carbons (Fsp3) is 0.571. The minimum absolute atomic E-state index is 0.237. The fourth-order valence-electron chi connectivity index (χ4n) is 2.26. The summed E-state index contributed by atoms with van der Waals surface area (Å²) in [5.74, 6) is 1.68. The van der Waals surface area contributed by atoms with Gasteiger partial charge in [-0.15, -0.1) is 0 Å². The molecule has 1 aromatic rings. The molecule has 0 aliphatic carbocycles. The second-order valence-corrected chi connectivity index (χ2v) is 5.15. The van der Waals surface area contributed by atoms with Crippen LogP contribution < -0.4 is 15.2 Å². The van der Waals surface area contributed by atoms with Crippen molar-refractivity contribution in [1.82, 2.24) is 4.90 Å². The summed E-state index contributed by atoms with van der Waals surface area (Å²) < 4.78 is 10.8. The molecule has 1 aromatic carbocycles. The fourth-order valence-corrected chi connectivity index (χ4v) is 2.26. The van der Waals surface area contributed by atoms with Crippen molar-refractivity contribution in [2.45, 2.75) is 31.8 Å². The van der Waals surface area contributed by atoms with Gasteiger partial charge < -0.3 is 20.1 Å². The molecule has 1 heterocycles. The first kappa shape index (κ1) is 13.2. The van der Waals surface area contributed by atoms with Gasteiger partial charge in [0, 0.05) is 12.1 Å². The molecule has 0 aromatic heterocycles. The summed E-state index contributed by atoms with van der Waals surface area (Å²) in [6, 6.07) is 6.78. The van der Waals surface area contributed by atoms with Gasteiger partial charge in [-0.05, 0) is 51.6 Å². The molecule has 0 saturated heterocycles. The maximum atomic E-state index is 5.85. The maximum Gasteiger partial charge on any atom is 0.231 e. The van der Waals surface area contributed by atoms with Gasteiger partial charge in [-0.25, -0.2) is 0 Å². The normalized spacial score (nSPS) is 16.9. The molecule has 4 heteroatoms. The summed E-state index contributed by atoms with van der Waals surface area (Å²) in [5.41, 5.74) is 7.10. The first-order valence-electron chi connectivity index (χ1n) is 6.39. The van der Waals surface area contributed by atoms with Crippen LogP contribution in [0, 0.1) is 0 Å². The zero-order chi connectivity index (χ0) is 13.1. The third kappa shape index (κ3) is 2.94. The number of nitrogens with two attached hydrogens (primary N) is 1. The van der Waals surface area contributed by atoms with Crippen LogP contribution in [-0.2, 0) is 0 Å². The number of fused-ring (bicyclic) bond motifs is 1. The summed E-state index contributed by atoms with van der Waals surface area (Å²) in [6.45, 7) is 2.37. The number of benzene rings is 1. The highest BCUT2D eigenvalue weighted by atomic mass is 16.7. The number of nitrogens with zero attached hydrogens (tertiary/aromatic N) is 1. The molecule has 2 N–H and O–H groups in total. The summed E-state index contributed by atoms with van der Waals surface area (Å²) in [5, 5.41) is 0. The van der Waals surface area contributed by atoms with Crippen molar-refractivity contribution in [3.63, 3.8) is 0 Å². The molecule has 0 radical (unpaired) electrons. The number of hydrogen-bond donors (Lipinski definition) is 1. The Morgan fingerprint density at radius 1 is 1.22 bits per heavy atom. The second kappa shape index (κ2) is 5.59.